The van der Waals surface area contributed by atoms with Crippen molar-refractivity contribution in [3.63, 3.8) is 0 Å². The van der Waals surface area contributed by atoms with Crippen LogP contribution in [0.3, 0.4) is 0 Å². The summed E-state index contributed by atoms with van der Waals surface area (Å²) in [6.45, 7) is 2.96. The second-order valence-electron chi connectivity index (χ2n) is 6.96. The highest BCUT2D eigenvalue weighted by Gasteiger charge is 2.26. The number of carbonyl (C=O) groups is 1. The Morgan fingerprint density at radius 1 is 1.26 bits per heavy atom. The summed E-state index contributed by atoms with van der Waals surface area (Å²) in [6, 6.07) is 0.499. The lowest BCUT2D eigenvalue weighted by Crippen LogP contribution is -2.46. The van der Waals surface area contributed by atoms with E-state index in [-0.39, 0.29) is 12.5 Å². The number of nitrogens with zero attached hydrogens (tertiary/aromatic N) is 3. The monoisotopic (exact) mass is 324 g/mol. The van der Waals surface area contributed by atoms with Crippen LogP contribution in [0.4, 0.5) is 0 Å². The molecule has 0 spiro atoms. The first kappa shape index (κ1) is 18.0. The molecule has 1 N–H and O–H groups in total. The maximum absolute atomic E-state index is 11.9. The van der Waals surface area contributed by atoms with Crippen molar-refractivity contribution in [2.75, 3.05) is 47.4 Å². The molecule has 1 saturated heterocycles. The summed E-state index contributed by atoms with van der Waals surface area (Å²) in [5.41, 5.74) is 0. The van der Waals surface area contributed by atoms with E-state index in [1.165, 1.54) is 32.1 Å². The molecule has 0 aromatic heterocycles. The summed E-state index contributed by atoms with van der Waals surface area (Å²) in [4.78, 5) is 20.4. The molecular formula is C17H32N4O2. The van der Waals surface area contributed by atoms with Gasteiger partial charge >= 0.3 is 0 Å². The van der Waals surface area contributed by atoms with Gasteiger partial charge in [0.2, 0.25) is 5.91 Å². The number of carbonyl (C=O) groups excluding carboxylic acids is 1. The second kappa shape index (κ2) is 9.11. The van der Waals surface area contributed by atoms with Crippen molar-refractivity contribution in [3.05, 3.63) is 0 Å². The highest BCUT2D eigenvalue weighted by Crippen LogP contribution is 2.20. The number of guanidine groups is 1. The van der Waals surface area contributed by atoms with Crippen molar-refractivity contribution in [2.45, 2.75) is 44.6 Å². The van der Waals surface area contributed by atoms with Gasteiger partial charge in [0.05, 0.1) is 6.61 Å². The predicted octanol–water partition coefficient (Wildman–Crippen LogP) is 1.32. The Balaban J connectivity index is 1.98. The van der Waals surface area contributed by atoms with Crippen molar-refractivity contribution in [1.82, 2.24) is 15.1 Å². The van der Waals surface area contributed by atoms with Gasteiger partial charge in [-0.05, 0) is 19.3 Å². The molecule has 1 saturated carbocycles. The highest BCUT2D eigenvalue weighted by molar-refractivity contribution is 5.85. The highest BCUT2D eigenvalue weighted by atomic mass is 16.5. The molecule has 0 aromatic rings. The number of rotatable bonds is 5. The average Bonchev–Trinajstić information content (AvgIpc) is 3.01. The summed E-state index contributed by atoms with van der Waals surface area (Å²) in [5, 5.41) is 3.62. The topological polar surface area (TPSA) is 57.2 Å². The molecule has 6 heteroatoms. The standard InChI is InChI=1S/C17H32N4O2/c1-20(2)16(22)11-18-17(19-15-7-5-4-6-8-15)21-10-9-14(12-21)13-23-3/h14-15H,4-13H2,1-3H3,(H,18,19). The van der Waals surface area contributed by atoms with Crippen LogP contribution < -0.4 is 5.32 Å². The molecule has 1 heterocycles. The Hall–Kier alpha value is -1.30. The van der Waals surface area contributed by atoms with Crippen molar-refractivity contribution < 1.29 is 9.53 Å². The Kier molecular flexibility index (Phi) is 7.15. The van der Waals surface area contributed by atoms with E-state index < -0.39 is 0 Å². The summed E-state index contributed by atoms with van der Waals surface area (Å²) < 4.78 is 5.29. The van der Waals surface area contributed by atoms with Gasteiger partial charge in [0.15, 0.2) is 5.96 Å². The third-order valence-corrected chi connectivity index (χ3v) is 4.79. The smallest absolute Gasteiger partial charge is 0.243 e. The lowest BCUT2D eigenvalue weighted by atomic mass is 9.96. The number of hydrogen-bond acceptors (Lipinski definition) is 3. The van der Waals surface area contributed by atoms with Gasteiger partial charge in [-0.3, -0.25) is 4.79 Å². The maximum atomic E-state index is 11.9. The molecule has 2 fully saturated rings. The third-order valence-electron chi connectivity index (χ3n) is 4.79. The second-order valence-corrected chi connectivity index (χ2v) is 6.96. The lowest BCUT2D eigenvalue weighted by molar-refractivity contribution is -0.127. The van der Waals surface area contributed by atoms with Crippen LogP contribution >= 0.6 is 0 Å². The SMILES string of the molecule is COCC1CCN(C(=NCC(=O)N(C)C)NC2CCCCC2)C1. The number of hydrogen-bond donors (Lipinski definition) is 1. The number of amides is 1. The molecule has 2 aliphatic rings. The van der Waals surface area contributed by atoms with Gasteiger partial charge in [-0.2, -0.15) is 0 Å². The normalized spacial score (nSPS) is 23.2. The fourth-order valence-corrected chi connectivity index (χ4v) is 3.35. The average molecular weight is 324 g/mol. The van der Waals surface area contributed by atoms with Crippen molar-refractivity contribution >= 4 is 11.9 Å². The summed E-state index contributed by atoms with van der Waals surface area (Å²) in [5.74, 6) is 1.51. The quantitative estimate of drug-likeness (QED) is 0.612. The van der Waals surface area contributed by atoms with Gasteiger partial charge in [-0.15, -0.1) is 0 Å². The van der Waals surface area contributed by atoms with E-state index >= 15 is 0 Å². The summed E-state index contributed by atoms with van der Waals surface area (Å²) in [6.07, 6.45) is 7.44. The van der Waals surface area contributed by atoms with Gasteiger partial charge in [0.25, 0.3) is 0 Å². The zero-order valence-corrected chi connectivity index (χ0v) is 14.9. The number of nitrogens with one attached hydrogen (secondary N) is 1. The van der Waals surface area contributed by atoms with E-state index in [1.54, 1.807) is 26.1 Å². The van der Waals surface area contributed by atoms with E-state index in [9.17, 15) is 4.79 Å². The number of methoxy groups -OCH3 is 1. The minimum atomic E-state index is 0.0422. The van der Waals surface area contributed by atoms with Crippen molar-refractivity contribution in [1.29, 1.82) is 0 Å². The molecular weight excluding hydrogens is 292 g/mol. The Morgan fingerprint density at radius 2 is 2.00 bits per heavy atom. The molecule has 0 bridgehead atoms. The minimum absolute atomic E-state index is 0.0422. The zero-order chi connectivity index (χ0) is 16.7. The number of likely N-dealkylation sites (tertiary alicyclic amines) is 1. The van der Waals surface area contributed by atoms with Crippen LogP contribution in [-0.4, -0.2) is 75.2 Å². The fourth-order valence-electron chi connectivity index (χ4n) is 3.35. The van der Waals surface area contributed by atoms with Crippen LogP contribution in [0.1, 0.15) is 38.5 Å². The molecule has 1 aliphatic heterocycles. The van der Waals surface area contributed by atoms with Crippen LogP contribution in [0, 0.1) is 5.92 Å². The Morgan fingerprint density at radius 3 is 2.65 bits per heavy atom. The number of ether oxygens (including phenoxy) is 1. The molecule has 1 amide bonds. The van der Waals surface area contributed by atoms with Crippen LogP contribution in [-0.2, 0) is 9.53 Å². The minimum Gasteiger partial charge on any atom is -0.384 e. The predicted molar refractivity (Wildman–Crippen MR) is 92.6 cm³/mol. The summed E-state index contributed by atoms with van der Waals surface area (Å²) in [7, 11) is 5.31. The number of likely N-dealkylation sites (N-methyl/N-ethyl adjacent to an activating group) is 1. The molecule has 23 heavy (non-hydrogen) atoms. The molecule has 1 aliphatic carbocycles. The van der Waals surface area contributed by atoms with E-state index in [2.05, 4.69) is 15.2 Å². The molecule has 1 atom stereocenters. The molecule has 0 radical (unpaired) electrons. The first-order valence-corrected chi connectivity index (χ1v) is 8.85. The van der Waals surface area contributed by atoms with E-state index in [1.807, 2.05) is 0 Å². The number of aliphatic imine (C=N–C) groups is 1. The van der Waals surface area contributed by atoms with E-state index in [0.29, 0.717) is 12.0 Å². The van der Waals surface area contributed by atoms with Crippen molar-refractivity contribution in [2.24, 2.45) is 10.9 Å². The molecule has 1 unspecified atom stereocenters. The van der Waals surface area contributed by atoms with Gasteiger partial charge in [-0.25, -0.2) is 4.99 Å². The van der Waals surface area contributed by atoms with Crippen LogP contribution in [0.2, 0.25) is 0 Å². The zero-order valence-electron chi connectivity index (χ0n) is 14.9. The molecule has 0 aromatic carbocycles. The lowest BCUT2D eigenvalue weighted by Gasteiger charge is -2.29. The van der Waals surface area contributed by atoms with E-state index in [0.717, 1.165) is 32.1 Å². The van der Waals surface area contributed by atoms with Gasteiger partial charge < -0.3 is 19.9 Å². The molecule has 2 rings (SSSR count). The third kappa shape index (κ3) is 5.68. The van der Waals surface area contributed by atoms with Crippen molar-refractivity contribution in [3.8, 4) is 0 Å². The fraction of sp³-hybridized carbons (Fsp3) is 0.882. The molecule has 6 nitrogen and oxygen atoms in total. The molecule has 132 valence electrons. The maximum Gasteiger partial charge on any atom is 0.243 e. The Labute approximate surface area is 140 Å². The van der Waals surface area contributed by atoms with Gasteiger partial charge in [0.1, 0.15) is 6.54 Å². The van der Waals surface area contributed by atoms with Crippen LogP contribution in [0.5, 0.6) is 0 Å². The summed E-state index contributed by atoms with van der Waals surface area (Å²) >= 11 is 0. The first-order chi connectivity index (χ1) is 11.1. The van der Waals surface area contributed by atoms with Crippen LogP contribution in [0.15, 0.2) is 4.99 Å². The van der Waals surface area contributed by atoms with Gasteiger partial charge in [-0.1, -0.05) is 19.3 Å². The van der Waals surface area contributed by atoms with E-state index in [4.69, 9.17) is 4.74 Å². The Bertz CT molecular complexity index is 405. The van der Waals surface area contributed by atoms with Crippen LogP contribution in [0.25, 0.3) is 0 Å². The largest absolute Gasteiger partial charge is 0.384 e. The van der Waals surface area contributed by atoms with Gasteiger partial charge in [0, 0.05) is 46.3 Å². The first-order valence-electron chi connectivity index (χ1n) is 8.85.